The van der Waals surface area contributed by atoms with Gasteiger partial charge >= 0.3 is 11.9 Å². The summed E-state index contributed by atoms with van der Waals surface area (Å²) in [5.74, 6) is -0.481. The summed E-state index contributed by atoms with van der Waals surface area (Å²) in [5, 5.41) is 9.12. The van der Waals surface area contributed by atoms with Crippen LogP contribution in [0.25, 0.3) is 6.08 Å². The van der Waals surface area contributed by atoms with E-state index in [-0.39, 0.29) is 30.3 Å². The average molecular weight is 379 g/mol. The highest BCUT2D eigenvalue weighted by molar-refractivity contribution is 5.98. The molecule has 0 aliphatic carbocycles. The first-order chi connectivity index (χ1) is 13.6. The highest BCUT2D eigenvalue weighted by atomic mass is 16.6. The van der Waals surface area contributed by atoms with E-state index in [1.54, 1.807) is 25.1 Å². The minimum Gasteiger partial charge on any atom is -0.493 e. The summed E-state index contributed by atoms with van der Waals surface area (Å²) < 4.78 is 15.5. The van der Waals surface area contributed by atoms with E-state index in [0.717, 1.165) is 5.56 Å². The molecule has 2 rings (SSSR count). The Labute approximate surface area is 164 Å². The Kier molecular flexibility index (Phi) is 7.79. The van der Waals surface area contributed by atoms with Gasteiger partial charge in [0.2, 0.25) is 0 Å². The zero-order valence-electron chi connectivity index (χ0n) is 15.8. The Hall–Kier alpha value is -3.59. The summed E-state index contributed by atoms with van der Waals surface area (Å²) in [7, 11) is 1.45. The molecular weight excluding hydrogens is 358 g/mol. The van der Waals surface area contributed by atoms with Crippen molar-refractivity contribution in [1.82, 2.24) is 0 Å². The standard InChI is InChI=1S/C22H21NO5/c1-3-27-22(25)18(15-23)13-17-9-11-19(20(14-17)26-2)28-21(24)12-10-16-7-5-4-6-8-16/h4-9,11,13-14H,3,10,12H2,1-2H3. The van der Waals surface area contributed by atoms with Crippen LogP contribution in [0.4, 0.5) is 0 Å². The molecule has 28 heavy (non-hydrogen) atoms. The first-order valence-corrected chi connectivity index (χ1v) is 8.79. The van der Waals surface area contributed by atoms with Crippen LogP contribution in [0.5, 0.6) is 11.5 Å². The minimum absolute atomic E-state index is 0.128. The van der Waals surface area contributed by atoms with Gasteiger partial charge in [0, 0.05) is 6.42 Å². The third kappa shape index (κ3) is 5.99. The second-order valence-electron chi connectivity index (χ2n) is 5.76. The van der Waals surface area contributed by atoms with Gasteiger partial charge in [-0.15, -0.1) is 0 Å². The van der Waals surface area contributed by atoms with Crippen molar-refractivity contribution in [2.24, 2.45) is 0 Å². The summed E-state index contributed by atoms with van der Waals surface area (Å²) in [6, 6.07) is 16.2. The summed E-state index contributed by atoms with van der Waals surface area (Å²) in [6.07, 6.45) is 2.20. The zero-order valence-corrected chi connectivity index (χ0v) is 15.8. The largest absolute Gasteiger partial charge is 0.493 e. The van der Waals surface area contributed by atoms with Gasteiger partial charge in [-0.2, -0.15) is 5.26 Å². The van der Waals surface area contributed by atoms with E-state index in [2.05, 4.69) is 0 Å². The first-order valence-electron chi connectivity index (χ1n) is 8.79. The SMILES string of the molecule is CCOC(=O)C(C#N)=Cc1ccc(OC(=O)CCc2ccccc2)c(OC)c1. The normalized spacial score (nSPS) is 10.7. The second-order valence-corrected chi connectivity index (χ2v) is 5.76. The zero-order chi connectivity index (χ0) is 20.4. The number of hydrogen-bond donors (Lipinski definition) is 0. The third-order valence-electron chi connectivity index (χ3n) is 3.80. The van der Waals surface area contributed by atoms with E-state index >= 15 is 0 Å². The Morgan fingerprint density at radius 3 is 2.50 bits per heavy atom. The van der Waals surface area contributed by atoms with E-state index in [0.29, 0.717) is 17.7 Å². The smallest absolute Gasteiger partial charge is 0.348 e. The highest BCUT2D eigenvalue weighted by Crippen LogP contribution is 2.29. The first kappa shape index (κ1) is 20.7. The van der Waals surface area contributed by atoms with Crippen LogP contribution in [-0.2, 0) is 20.7 Å². The van der Waals surface area contributed by atoms with Crippen molar-refractivity contribution in [2.75, 3.05) is 13.7 Å². The lowest BCUT2D eigenvalue weighted by Gasteiger charge is -2.10. The van der Waals surface area contributed by atoms with Crippen molar-refractivity contribution in [3.8, 4) is 17.6 Å². The van der Waals surface area contributed by atoms with E-state index in [1.807, 2.05) is 36.4 Å². The number of carbonyl (C=O) groups is 2. The van der Waals surface area contributed by atoms with E-state index < -0.39 is 5.97 Å². The molecule has 144 valence electrons. The lowest BCUT2D eigenvalue weighted by Crippen LogP contribution is -2.10. The van der Waals surface area contributed by atoms with E-state index in [1.165, 1.54) is 13.2 Å². The topological polar surface area (TPSA) is 85.6 Å². The number of ether oxygens (including phenoxy) is 3. The quantitative estimate of drug-likeness (QED) is 0.301. The molecule has 0 unspecified atom stereocenters. The molecule has 0 aliphatic rings. The van der Waals surface area contributed by atoms with Crippen molar-refractivity contribution in [3.05, 3.63) is 65.2 Å². The molecule has 6 heteroatoms. The molecular formula is C22H21NO5. The number of nitriles is 1. The summed E-state index contributed by atoms with van der Waals surface area (Å²) in [6.45, 7) is 1.84. The molecule has 0 aliphatic heterocycles. The molecule has 0 heterocycles. The molecule has 0 fully saturated rings. The molecule has 0 spiro atoms. The predicted octanol–water partition coefficient (Wildman–Crippen LogP) is 3.70. The summed E-state index contributed by atoms with van der Waals surface area (Å²) in [4.78, 5) is 23.9. The predicted molar refractivity (Wildman–Crippen MR) is 104 cm³/mol. The fourth-order valence-electron chi connectivity index (χ4n) is 2.44. The van der Waals surface area contributed by atoms with Gasteiger partial charge in [-0.3, -0.25) is 4.79 Å². The van der Waals surface area contributed by atoms with Crippen molar-refractivity contribution in [3.63, 3.8) is 0 Å². The number of aryl methyl sites for hydroxylation is 1. The maximum atomic E-state index is 12.1. The fraction of sp³-hybridized carbons (Fsp3) is 0.227. The second kappa shape index (κ2) is 10.5. The molecule has 2 aromatic rings. The van der Waals surface area contributed by atoms with Gasteiger partial charge in [-0.05, 0) is 42.7 Å². The summed E-state index contributed by atoms with van der Waals surface area (Å²) in [5.41, 5.74) is 1.47. The maximum Gasteiger partial charge on any atom is 0.348 e. The molecule has 0 N–H and O–H groups in total. The van der Waals surface area contributed by atoms with Crippen molar-refractivity contribution >= 4 is 18.0 Å². The van der Waals surface area contributed by atoms with Gasteiger partial charge in [-0.1, -0.05) is 36.4 Å². The number of esters is 2. The van der Waals surface area contributed by atoms with Crippen LogP contribution < -0.4 is 9.47 Å². The molecule has 2 aromatic carbocycles. The minimum atomic E-state index is -0.694. The van der Waals surface area contributed by atoms with Gasteiger partial charge in [0.1, 0.15) is 11.6 Å². The van der Waals surface area contributed by atoms with Gasteiger partial charge < -0.3 is 14.2 Å². The van der Waals surface area contributed by atoms with Crippen LogP contribution in [0.2, 0.25) is 0 Å². The summed E-state index contributed by atoms with van der Waals surface area (Å²) >= 11 is 0. The van der Waals surface area contributed by atoms with Crippen LogP contribution in [0.15, 0.2) is 54.1 Å². The molecule has 0 saturated heterocycles. The average Bonchev–Trinajstić information content (AvgIpc) is 2.72. The molecule has 0 aromatic heterocycles. The van der Waals surface area contributed by atoms with Crippen molar-refractivity contribution < 1.29 is 23.8 Å². The number of carbonyl (C=O) groups excluding carboxylic acids is 2. The van der Waals surface area contributed by atoms with Gasteiger partial charge in [0.15, 0.2) is 11.5 Å². The third-order valence-corrected chi connectivity index (χ3v) is 3.80. The molecule has 6 nitrogen and oxygen atoms in total. The molecule has 0 radical (unpaired) electrons. The Morgan fingerprint density at radius 2 is 1.86 bits per heavy atom. The highest BCUT2D eigenvalue weighted by Gasteiger charge is 2.13. The molecule has 0 bridgehead atoms. The molecule has 0 amide bonds. The maximum absolute atomic E-state index is 12.1. The van der Waals surface area contributed by atoms with E-state index in [9.17, 15) is 9.59 Å². The van der Waals surface area contributed by atoms with Crippen LogP contribution in [0.1, 0.15) is 24.5 Å². The number of rotatable bonds is 8. The number of benzene rings is 2. The van der Waals surface area contributed by atoms with E-state index in [4.69, 9.17) is 19.5 Å². The van der Waals surface area contributed by atoms with Gasteiger partial charge in [0.25, 0.3) is 0 Å². The number of methoxy groups -OCH3 is 1. The van der Waals surface area contributed by atoms with Gasteiger partial charge in [-0.25, -0.2) is 4.79 Å². The van der Waals surface area contributed by atoms with Crippen LogP contribution in [0, 0.1) is 11.3 Å². The fourth-order valence-corrected chi connectivity index (χ4v) is 2.44. The van der Waals surface area contributed by atoms with Gasteiger partial charge in [0.05, 0.1) is 13.7 Å². The van der Waals surface area contributed by atoms with Crippen LogP contribution in [-0.4, -0.2) is 25.7 Å². The Morgan fingerprint density at radius 1 is 1.11 bits per heavy atom. The van der Waals surface area contributed by atoms with Crippen LogP contribution >= 0.6 is 0 Å². The number of nitrogens with zero attached hydrogens (tertiary/aromatic N) is 1. The van der Waals surface area contributed by atoms with Crippen LogP contribution in [0.3, 0.4) is 0 Å². The van der Waals surface area contributed by atoms with Crippen molar-refractivity contribution in [2.45, 2.75) is 19.8 Å². The Balaban J connectivity index is 2.09. The Bertz CT molecular complexity index is 897. The number of hydrogen-bond acceptors (Lipinski definition) is 6. The van der Waals surface area contributed by atoms with Crippen molar-refractivity contribution in [1.29, 1.82) is 5.26 Å². The lowest BCUT2D eigenvalue weighted by molar-refractivity contribution is -0.138. The molecule has 0 saturated carbocycles. The lowest BCUT2D eigenvalue weighted by atomic mass is 10.1. The monoisotopic (exact) mass is 379 g/mol. The molecule has 0 atom stereocenters.